The van der Waals surface area contributed by atoms with E-state index in [-0.39, 0.29) is 0 Å². The zero-order chi connectivity index (χ0) is 7.28. The van der Waals surface area contributed by atoms with E-state index < -0.39 is 0 Å². The van der Waals surface area contributed by atoms with E-state index in [1.54, 1.807) is 0 Å². The third-order valence-electron chi connectivity index (χ3n) is 1.32. The van der Waals surface area contributed by atoms with Gasteiger partial charge >= 0.3 is 0 Å². The number of rotatable bonds is 4. The standard InChI is InChI=1S/C8H17S/c1-7(2)5-4-6-8(3)9/h7-9H,3-6H2,1-2H3. The van der Waals surface area contributed by atoms with Crippen LogP contribution >= 0.6 is 12.6 Å². The molecule has 0 aromatic carbocycles. The Hall–Kier alpha value is 0.350. The molecule has 0 N–H and O–H groups in total. The van der Waals surface area contributed by atoms with Gasteiger partial charge in [0.05, 0.1) is 0 Å². The molecule has 55 valence electrons. The predicted octanol–water partition coefficient (Wildman–Crippen LogP) is 2.95. The van der Waals surface area contributed by atoms with E-state index in [4.69, 9.17) is 0 Å². The monoisotopic (exact) mass is 145 g/mol. The molecule has 1 radical (unpaired) electrons. The zero-order valence-electron chi connectivity index (χ0n) is 6.43. The van der Waals surface area contributed by atoms with Crippen LogP contribution in [0.5, 0.6) is 0 Å². The van der Waals surface area contributed by atoms with Gasteiger partial charge < -0.3 is 0 Å². The second-order valence-electron chi connectivity index (χ2n) is 2.98. The van der Waals surface area contributed by atoms with Crippen LogP contribution in [0, 0.1) is 12.8 Å². The highest BCUT2D eigenvalue weighted by atomic mass is 32.1. The summed E-state index contributed by atoms with van der Waals surface area (Å²) in [4.78, 5) is 0. The maximum absolute atomic E-state index is 4.19. The molecule has 0 aliphatic carbocycles. The molecular formula is C8H17S. The van der Waals surface area contributed by atoms with Crippen molar-refractivity contribution in [2.24, 2.45) is 5.92 Å². The summed E-state index contributed by atoms with van der Waals surface area (Å²) in [5.74, 6) is 0.831. The van der Waals surface area contributed by atoms with Crippen molar-refractivity contribution < 1.29 is 0 Å². The van der Waals surface area contributed by atoms with Crippen LogP contribution < -0.4 is 0 Å². The molecule has 0 bridgehead atoms. The molecule has 0 fully saturated rings. The molecule has 0 aliphatic rings. The van der Waals surface area contributed by atoms with Crippen molar-refractivity contribution in [3.05, 3.63) is 6.92 Å². The van der Waals surface area contributed by atoms with Crippen LogP contribution in [0.25, 0.3) is 0 Å². The minimum atomic E-state index is 0.337. The minimum absolute atomic E-state index is 0.337. The highest BCUT2D eigenvalue weighted by Gasteiger charge is 1.96. The molecular weight excluding hydrogens is 128 g/mol. The van der Waals surface area contributed by atoms with E-state index in [2.05, 4.69) is 33.4 Å². The molecule has 0 saturated carbocycles. The fraction of sp³-hybridized carbons (Fsp3) is 0.875. The van der Waals surface area contributed by atoms with Crippen LogP contribution in [-0.4, -0.2) is 5.25 Å². The van der Waals surface area contributed by atoms with Gasteiger partial charge in [0, 0.05) is 5.25 Å². The van der Waals surface area contributed by atoms with E-state index in [0.29, 0.717) is 5.25 Å². The SMILES string of the molecule is [CH2]C(S)CCCC(C)C. The Kier molecular flexibility index (Phi) is 5.36. The second kappa shape index (κ2) is 5.16. The van der Waals surface area contributed by atoms with Crippen LogP contribution in [0.3, 0.4) is 0 Å². The van der Waals surface area contributed by atoms with Crippen molar-refractivity contribution in [2.75, 3.05) is 0 Å². The lowest BCUT2D eigenvalue weighted by Crippen LogP contribution is -1.93. The van der Waals surface area contributed by atoms with Gasteiger partial charge in [-0.05, 0) is 19.3 Å². The molecule has 0 aromatic heterocycles. The Labute approximate surface area is 64.4 Å². The fourth-order valence-electron chi connectivity index (χ4n) is 0.762. The number of thiol groups is 1. The average molecular weight is 145 g/mol. The number of hydrogen-bond donors (Lipinski definition) is 1. The summed E-state index contributed by atoms with van der Waals surface area (Å²) >= 11 is 4.19. The summed E-state index contributed by atoms with van der Waals surface area (Å²) in [7, 11) is 0. The highest BCUT2D eigenvalue weighted by Crippen LogP contribution is 2.10. The van der Waals surface area contributed by atoms with Crippen LogP contribution in [-0.2, 0) is 0 Å². The summed E-state index contributed by atoms with van der Waals surface area (Å²) in [6.07, 6.45) is 3.74. The van der Waals surface area contributed by atoms with Crippen LogP contribution in [0.15, 0.2) is 0 Å². The lowest BCUT2D eigenvalue weighted by Gasteiger charge is -2.05. The molecule has 0 aromatic rings. The first-order valence-electron chi connectivity index (χ1n) is 3.64. The summed E-state index contributed by atoms with van der Waals surface area (Å²) in [6.45, 7) is 8.29. The molecule has 1 heteroatoms. The minimum Gasteiger partial charge on any atom is -0.176 e. The summed E-state index contributed by atoms with van der Waals surface area (Å²) in [5.41, 5.74) is 0. The molecule has 0 saturated heterocycles. The van der Waals surface area contributed by atoms with E-state index in [0.717, 1.165) is 12.3 Å². The van der Waals surface area contributed by atoms with Gasteiger partial charge in [0.1, 0.15) is 0 Å². The van der Waals surface area contributed by atoms with Gasteiger partial charge in [0.15, 0.2) is 0 Å². The second-order valence-corrected chi connectivity index (χ2v) is 3.71. The van der Waals surface area contributed by atoms with Gasteiger partial charge in [-0.3, -0.25) is 0 Å². The maximum atomic E-state index is 4.19. The smallest absolute Gasteiger partial charge is 0.00172 e. The van der Waals surface area contributed by atoms with Gasteiger partial charge in [-0.15, -0.1) is 0 Å². The third-order valence-corrected chi connectivity index (χ3v) is 1.58. The first kappa shape index (κ1) is 9.35. The van der Waals surface area contributed by atoms with Gasteiger partial charge in [-0.25, -0.2) is 0 Å². The predicted molar refractivity (Wildman–Crippen MR) is 46.8 cm³/mol. The summed E-state index contributed by atoms with van der Waals surface area (Å²) < 4.78 is 0. The molecule has 9 heavy (non-hydrogen) atoms. The first-order valence-corrected chi connectivity index (χ1v) is 4.15. The Bertz CT molecular complexity index is 49.6. The Morgan fingerprint density at radius 3 is 2.22 bits per heavy atom. The number of hydrogen-bond acceptors (Lipinski definition) is 1. The van der Waals surface area contributed by atoms with Crippen molar-refractivity contribution >= 4 is 12.6 Å². The summed E-state index contributed by atoms with van der Waals surface area (Å²) in [6, 6.07) is 0. The van der Waals surface area contributed by atoms with E-state index in [1.165, 1.54) is 12.8 Å². The Morgan fingerprint density at radius 2 is 1.89 bits per heavy atom. The van der Waals surface area contributed by atoms with Gasteiger partial charge in [-0.2, -0.15) is 12.6 Å². The van der Waals surface area contributed by atoms with Gasteiger partial charge in [0.2, 0.25) is 0 Å². The lowest BCUT2D eigenvalue weighted by atomic mass is 10.1. The van der Waals surface area contributed by atoms with E-state index >= 15 is 0 Å². The normalized spacial score (nSPS) is 14.3. The molecule has 1 unspecified atom stereocenters. The van der Waals surface area contributed by atoms with Crippen molar-refractivity contribution in [3.63, 3.8) is 0 Å². The molecule has 1 atom stereocenters. The lowest BCUT2D eigenvalue weighted by molar-refractivity contribution is 0.543. The van der Waals surface area contributed by atoms with Crippen LogP contribution in [0.4, 0.5) is 0 Å². The molecule has 0 heterocycles. The fourth-order valence-corrected chi connectivity index (χ4v) is 0.944. The van der Waals surface area contributed by atoms with Gasteiger partial charge in [-0.1, -0.05) is 26.7 Å². The molecule has 0 aliphatic heterocycles. The maximum Gasteiger partial charge on any atom is 0.00172 e. The van der Waals surface area contributed by atoms with Crippen LogP contribution in [0.1, 0.15) is 33.1 Å². The Morgan fingerprint density at radius 1 is 1.33 bits per heavy atom. The zero-order valence-corrected chi connectivity index (χ0v) is 7.32. The summed E-state index contributed by atoms with van der Waals surface area (Å²) in [5, 5.41) is 0.337. The third kappa shape index (κ3) is 8.35. The first-order chi connectivity index (χ1) is 4.13. The van der Waals surface area contributed by atoms with Crippen LogP contribution in [0.2, 0.25) is 0 Å². The molecule has 0 nitrogen and oxygen atoms in total. The van der Waals surface area contributed by atoms with Crippen molar-refractivity contribution in [2.45, 2.75) is 38.4 Å². The van der Waals surface area contributed by atoms with Gasteiger partial charge in [0.25, 0.3) is 0 Å². The highest BCUT2D eigenvalue weighted by molar-refractivity contribution is 7.81. The topological polar surface area (TPSA) is 0 Å². The molecule has 0 rings (SSSR count). The average Bonchev–Trinajstić information content (AvgIpc) is 1.63. The molecule has 0 amide bonds. The van der Waals surface area contributed by atoms with Crippen molar-refractivity contribution in [3.8, 4) is 0 Å². The molecule has 0 spiro atoms. The van der Waals surface area contributed by atoms with E-state index in [1.807, 2.05) is 0 Å². The Balaban J connectivity index is 2.91. The van der Waals surface area contributed by atoms with E-state index in [9.17, 15) is 0 Å². The largest absolute Gasteiger partial charge is 0.176 e. The van der Waals surface area contributed by atoms with Crippen molar-refractivity contribution in [1.82, 2.24) is 0 Å². The quantitative estimate of drug-likeness (QED) is 0.578. The van der Waals surface area contributed by atoms with Crippen molar-refractivity contribution in [1.29, 1.82) is 0 Å².